The van der Waals surface area contributed by atoms with Gasteiger partial charge in [0.1, 0.15) is 12.3 Å². The smallest absolute Gasteiger partial charge is 0.263 e. The maximum absolute atomic E-state index is 12.9. The van der Waals surface area contributed by atoms with Gasteiger partial charge in [-0.3, -0.25) is 14.3 Å². The van der Waals surface area contributed by atoms with E-state index >= 15 is 0 Å². The minimum Gasteiger partial charge on any atom is -0.481 e. The molecule has 184 valence electrons. The molecule has 0 aliphatic carbocycles. The van der Waals surface area contributed by atoms with Gasteiger partial charge in [-0.2, -0.15) is 0 Å². The highest BCUT2D eigenvalue weighted by Crippen LogP contribution is 2.25. The second kappa shape index (κ2) is 10.2. The summed E-state index contributed by atoms with van der Waals surface area (Å²) in [5.74, 6) is -0.00218. The Kier molecular flexibility index (Phi) is 7.29. The van der Waals surface area contributed by atoms with Crippen molar-refractivity contribution in [2.24, 2.45) is 0 Å². The average molecular weight is 535 g/mol. The van der Waals surface area contributed by atoms with Crippen molar-refractivity contribution in [1.82, 2.24) is 9.88 Å². The third-order valence-corrected chi connectivity index (χ3v) is 7.84. The molecule has 1 N–H and O–H groups in total. The normalized spacial score (nSPS) is 15.1. The van der Waals surface area contributed by atoms with Crippen molar-refractivity contribution in [3.63, 3.8) is 0 Å². The Morgan fingerprint density at radius 2 is 1.94 bits per heavy atom. The molecule has 1 aliphatic rings. The first kappa shape index (κ1) is 25.0. The van der Waals surface area contributed by atoms with Crippen LogP contribution in [0.1, 0.15) is 12.5 Å². The van der Waals surface area contributed by atoms with E-state index in [2.05, 4.69) is 9.71 Å². The van der Waals surface area contributed by atoms with Gasteiger partial charge in [0.05, 0.1) is 4.90 Å². The first-order valence-corrected chi connectivity index (χ1v) is 13.4. The summed E-state index contributed by atoms with van der Waals surface area (Å²) in [5.41, 5.74) is 1.36. The van der Waals surface area contributed by atoms with Gasteiger partial charge in [0.25, 0.3) is 15.9 Å². The van der Waals surface area contributed by atoms with Crippen molar-refractivity contribution in [1.29, 1.82) is 0 Å². The fourth-order valence-corrected chi connectivity index (χ4v) is 5.65. The van der Waals surface area contributed by atoms with Crippen molar-refractivity contribution >= 4 is 55.6 Å². The van der Waals surface area contributed by atoms with Crippen molar-refractivity contribution in [3.05, 3.63) is 64.6 Å². The average Bonchev–Trinajstić information content (AvgIpc) is 3.32. The highest BCUT2D eigenvalue weighted by atomic mass is 35.5. The molecule has 4 rings (SSSR count). The molecule has 2 amide bonds. The first-order chi connectivity index (χ1) is 16.6. The molecule has 0 spiro atoms. The molecule has 0 bridgehead atoms. The number of nitrogens with zero attached hydrogens (tertiary/aromatic N) is 3. The van der Waals surface area contributed by atoms with Gasteiger partial charge in [-0.25, -0.2) is 13.4 Å². The van der Waals surface area contributed by atoms with E-state index in [1.807, 2.05) is 6.92 Å². The second-order valence-corrected chi connectivity index (χ2v) is 10.9. The van der Waals surface area contributed by atoms with Crippen LogP contribution in [-0.2, 0) is 19.6 Å². The van der Waals surface area contributed by atoms with Crippen molar-refractivity contribution < 1.29 is 22.7 Å². The lowest BCUT2D eigenvalue weighted by atomic mass is 10.2. The maximum Gasteiger partial charge on any atom is 0.263 e. The standard InChI is InChI=1S/C23H23ClN4O5S2/c1-15-13-17(24)3-8-20(15)33-16(2)22(30)27-10-11-28(21(29)14-27)18-4-6-19(7-5-18)35(31,32)26-23-25-9-12-34-23/h3-9,12-13,16H,10-11,14H2,1-2H3,(H,25,26)/t16-/m1/s1. The maximum atomic E-state index is 12.9. The highest BCUT2D eigenvalue weighted by Gasteiger charge is 2.31. The van der Waals surface area contributed by atoms with E-state index in [0.717, 1.165) is 5.56 Å². The molecular formula is C23H23ClN4O5S2. The molecule has 1 aromatic heterocycles. The van der Waals surface area contributed by atoms with Crippen LogP contribution in [0.25, 0.3) is 0 Å². The molecule has 1 saturated heterocycles. The lowest BCUT2D eigenvalue weighted by Gasteiger charge is -2.35. The van der Waals surface area contributed by atoms with E-state index in [4.69, 9.17) is 16.3 Å². The van der Waals surface area contributed by atoms with E-state index in [1.54, 1.807) is 42.6 Å². The van der Waals surface area contributed by atoms with Gasteiger partial charge < -0.3 is 14.5 Å². The Labute approximate surface area is 212 Å². The molecule has 1 aliphatic heterocycles. The number of piperazine rings is 1. The molecular weight excluding hydrogens is 512 g/mol. The first-order valence-electron chi connectivity index (χ1n) is 10.7. The fourth-order valence-electron chi connectivity index (χ4n) is 3.63. The molecule has 0 radical (unpaired) electrons. The van der Waals surface area contributed by atoms with Crippen molar-refractivity contribution in [3.8, 4) is 5.75 Å². The predicted molar refractivity (Wildman–Crippen MR) is 135 cm³/mol. The number of aryl methyl sites for hydroxylation is 1. The van der Waals surface area contributed by atoms with Crippen molar-refractivity contribution in [2.45, 2.75) is 24.8 Å². The molecule has 9 nitrogen and oxygen atoms in total. The number of benzene rings is 2. The SMILES string of the molecule is Cc1cc(Cl)ccc1O[C@H](C)C(=O)N1CCN(c2ccc(S(=O)(=O)Nc3nccs3)cc2)C(=O)C1. The Morgan fingerprint density at radius 3 is 2.57 bits per heavy atom. The summed E-state index contributed by atoms with van der Waals surface area (Å²) in [6.07, 6.45) is 0.733. The van der Waals surface area contributed by atoms with Crippen LogP contribution in [0.4, 0.5) is 10.8 Å². The number of aromatic nitrogens is 1. The number of anilines is 2. The summed E-state index contributed by atoms with van der Waals surface area (Å²) in [5, 5.41) is 2.52. The molecule has 12 heteroatoms. The molecule has 2 aromatic carbocycles. The van der Waals surface area contributed by atoms with Gasteiger partial charge in [-0.05, 0) is 61.9 Å². The molecule has 0 unspecified atom stereocenters. The second-order valence-electron chi connectivity index (χ2n) is 7.91. The summed E-state index contributed by atoms with van der Waals surface area (Å²) >= 11 is 7.15. The van der Waals surface area contributed by atoms with E-state index in [0.29, 0.717) is 23.0 Å². The number of hydrogen-bond acceptors (Lipinski definition) is 7. The third-order valence-electron chi connectivity index (χ3n) is 5.43. The number of rotatable bonds is 7. The number of sulfonamides is 1. The van der Waals surface area contributed by atoms with E-state index in [9.17, 15) is 18.0 Å². The Bertz CT molecular complexity index is 1330. The number of thiazole rings is 1. The zero-order valence-electron chi connectivity index (χ0n) is 19.0. The summed E-state index contributed by atoms with van der Waals surface area (Å²) < 4.78 is 33.2. The minimum atomic E-state index is -3.78. The molecule has 1 atom stereocenters. The van der Waals surface area contributed by atoms with Crippen LogP contribution in [0, 0.1) is 6.92 Å². The zero-order chi connectivity index (χ0) is 25.2. The lowest BCUT2D eigenvalue weighted by Crippen LogP contribution is -2.54. The van der Waals surface area contributed by atoms with Crippen molar-refractivity contribution in [2.75, 3.05) is 29.3 Å². The fraction of sp³-hybridized carbons (Fsp3) is 0.261. The number of amides is 2. The summed E-state index contributed by atoms with van der Waals surface area (Å²) in [7, 11) is -3.78. The van der Waals surface area contributed by atoms with Crippen LogP contribution in [-0.4, -0.2) is 55.9 Å². The zero-order valence-corrected chi connectivity index (χ0v) is 21.4. The Hall–Kier alpha value is -3.15. The van der Waals surface area contributed by atoms with E-state index in [1.165, 1.54) is 39.5 Å². The molecule has 3 aromatic rings. The summed E-state index contributed by atoms with van der Waals surface area (Å²) in [4.78, 5) is 32.7. The quantitative estimate of drug-likeness (QED) is 0.496. The number of carbonyl (C=O) groups excluding carboxylic acids is 2. The molecule has 0 saturated carbocycles. The highest BCUT2D eigenvalue weighted by molar-refractivity contribution is 7.93. The van der Waals surface area contributed by atoms with Crippen LogP contribution in [0.5, 0.6) is 5.75 Å². The minimum absolute atomic E-state index is 0.0566. The summed E-state index contributed by atoms with van der Waals surface area (Å²) in [6.45, 7) is 3.99. The van der Waals surface area contributed by atoms with Gasteiger partial charge in [0.15, 0.2) is 11.2 Å². The van der Waals surface area contributed by atoms with Crippen LogP contribution in [0.2, 0.25) is 5.02 Å². The number of hydrogen-bond donors (Lipinski definition) is 1. The lowest BCUT2D eigenvalue weighted by molar-refractivity contribution is -0.142. The van der Waals surface area contributed by atoms with Crippen LogP contribution in [0.3, 0.4) is 0 Å². The van der Waals surface area contributed by atoms with Gasteiger partial charge >= 0.3 is 0 Å². The van der Waals surface area contributed by atoms with Gasteiger partial charge in [0.2, 0.25) is 5.91 Å². The summed E-state index contributed by atoms with van der Waals surface area (Å²) in [6, 6.07) is 11.2. The topological polar surface area (TPSA) is 109 Å². The number of nitrogens with one attached hydrogen (secondary N) is 1. The molecule has 35 heavy (non-hydrogen) atoms. The number of halogens is 1. The molecule has 1 fully saturated rings. The predicted octanol–water partition coefficient (Wildman–Crippen LogP) is 3.55. The largest absolute Gasteiger partial charge is 0.481 e. The van der Waals surface area contributed by atoms with Gasteiger partial charge in [-0.1, -0.05) is 11.6 Å². The van der Waals surface area contributed by atoms with Gasteiger partial charge in [0, 0.05) is 35.4 Å². The van der Waals surface area contributed by atoms with E-state index < -0.39 is 16.1 Å². The van der Waals surface area contributed by atoms with E-state index in [-0.39, 0.29) is 34.9 Å². The van der Waals surface area contributed by atoms with Crippen LogP contribution in [0.15, 0.2) is 58.9 Å². The number of ether oxygens (including phenoxy) is 1. The van der Waals surface area contributed by atoms with Crippen LogP contribution < -0.4 is 14.4 Å². The molecule has 2 heterocycles. The van der Waals surface area contributed by atoms with Crippen LogP contribution >= 0.6 is 22.9 Å². The third kappa shape index (κ3) is 5.75. The Morgan fingerprint density at radius 1 is 1.20 bits per heavy atom. The Balaban J connectivity index is 1.37. The van der Waals surface area contributed by atoms with Gasteiger partial charge in [-0.15, -0.1) is 11.3 Å². The monoisotopic (exact) mass is 534 g/mol. The number of carbonyl (C=O) groups is 2.